The van der Waals surface area contributed by atoms with Gasteiger partial charge in [-0.1, -0.05) is 36.4 Å². The number of para-hydroxylation sites is 1. The van der Waals surface area contributed by atoms with E-state index in [0.717, 1.165) is 35.3 Å². The summed E-state index contributed by atoms with van der Waals surface area (Å²) in [6.07, 6.45) is 1.51. The first-order chi connectivity index (χ1) is 15.3. The molecular weight excluding hydrogens is 428 g/mol. The molecule has 0 amide bonds. The minimum atomic E-state index is -3.50. The highest BCUT2D eigenvalue weighted by atomic mass is 32.2. The van der Waals surface area contributed by atoms with Crippen LogP contribution in [0.25, 0.3) is 0 Å². The number of phenolic OH excluding ortho intramolecular Hbond substituents is 1. The Kier molecular flexibility index (Phi) is 8.10. The number of aliphatic hydroxyl groups is 1. The van der Waals surface area contributed by atoms with Crippen LogP contribution < -0.4 is 14.8 Å². The van der Waals surface area contributed by atoms with Crippen molar-refractivity contribution in [2.24, 2.45) is 0 Å². The Morgan fingerprint density at radius 1 is 0.938 bits per heavy atom. The molecule has 1 atom stereocenters. The molecule has 7 nitrogen and oxygen atoms in total. The Bertz CT molecular complexity index is 1100. The summed E-state index contributed by atoms with van der Waals surface area (Å²) in [5, 5.41) is 23.3. The van der Waals surface area contributed by atoms with E-state index in [1.807, 2.05) is 54.6 Å². The van der Waals surface area contributed by atoms with E-state index in [4.69, 9.17) is 4.74 Å². The zero-order chi connectivity index (χ0) is 23.0. The number of hydrogen-bond donors (Lipinski definition) is 4. The average Bonchev–Trinajstić information content (AvgIpc) is 2.74. The molecule has 0 aromatic heterocycles. The smallest absolute Gasteiger partial charge is 0.229 e. The SMILES string of the molecule is CS(=O)(=O)Nc1cc(CC(O)CNCCc2ccc(Oc3ccccc3)cc2)ccc1O. The number of ether oxygens (including phenoxy) is 1. The molecule has 0 saturated heterocycles. The minimum absolute atomic E-state index is 0.102. The van der Waals surface area contributed by atoms with Crippen molar-refractivity contribution in [3.05, 3.63) is 83.9 Å². The monoisotopic (exact) mass is 456 g/mol. The zero-order valence-corrected chi connectivity index (χ0v) is 18.7. The van der Waals surface area contributed by atoms with Gasteiger partial charge in [0.2, 0.25) is 10.0 Å². The lowest BCUT2D eigenvalue weighted by molar-refractivity contribution is 0.172. The third kappa shape index (κ3) is 7.88. The van der Waals surface area contributed by atoms with Crippen molar-refractivity contribution >= 4 is 15.7 Å². The van der Waals surface area contributed by atoms with Gasteiger partial charge < -0.3 is 20.3 Å². The van der Waals surface area contributed by atoms with Crippen molar-refractivity contribution in [2.45, 2.75) is 18.9 Å². The van der Waals surface area contributed by atoms with Crippen LogP contribution in [0.15, 0.2) is 72.8 Å². The van der Waals surface area contributed by atoms with Crippen molar-refractivity contribution in [3.8, 4) is 17.2 Å². The highest BCUT2D eigenvalue weighted by Gasteiger charge is 2.11. The van der Waals surface area contributed by atoms with Gasteiger partial charge in [0.05, 0.1) is 18.0 Å². The fourth-order valence-corrected chi connectivity index (χ4v) is 3.75. The Hall–Kier alpha value is -3.07. The molecule has 0 saturated carbocycles. The van der Waals surface area contributed by atoms with Gasteiger partial charge in [-0.2, -0.15) is 0 Å². The Balaban J connectivity index is 1.41. The maximum absolute atomic E-state index is 11.4. The molecular formula is C24H28N2O5S. The number of benzene rings is 3. The summed E-state index contributed by atoms with van der Waals surface area (Å²) in [5.41, 5.74) is 1.98. The fourth-order valence-electron chi connectivity index (χ4n) is 3.19. The van der Waals surface area contributed by atoms with Gasteiger partial charge in [-0.25, -0.2) is 8.42 Å². The van der Waals surface area contributed by atoms with Gasteiger partial charge in [-0.3, -0.25) is 4.72 Å². The van der Waals surface area contributed by atoms with E-state index in [1.165, 1.54) is 12.1 Å². The van der Waals surface area contributed by atoms with E-state index in [2.05, 4.69) is 10.0 Å². The average molecular weight is 457 g/mol. The summed E-state index contributed by atoms with van der Waals surface area (Å²) in [7, 11) is -3.50. The Morgan fingerprint density at radius 2 is 1.59 bits per heavy atom. The summed E-state index contributed by atoms with van der Waals surface area (Å²) >= 11 is 0. The number of rotatable bonds is 11. The van der Waals surface area contributed by atoms with Crippen LogP contribution in [0.2, 0.25) is 0 Å². The second-order valence-electron chi connectivity index (χ2n) is 7.60. The molecule has 1 unspecified atom stereocenters. The molecule has 170 valence electrons. The highest BCUT2D eigenvalue weighted by Crippen LogP contribution is 2.25. The first-order valence-corrected chi connectivity index (χ1v) is 12.2. The lowest BCUT2D eigenvalue weighted by atomic mass is 10.1. The maximum Gasteiger partial charge on any atom is 0.229 e. The van der Waals surface area contributed by atoms with Crippen LogP contribution in [-0.2, 0) is 22.9 Å². The summed E-state index contributed by atoms with van der Waals surface area (Å²) in [5.74, 6) is 1.41. The minimum Gasteiger partial charge on any atom is -0.506 e. The van der Waals surface area contributed by atoms with Crippen molar-refractivity contribution < 1.29 is 23.4 Å². The molecule has 3 aromatic carbocycles. The molecule has 0 fully saturated rings. The first-order valence-electron chi connectivity index (χ1n) is 10.3. The van der Waals surface area contributed by atoms with E-state index < -0.39 is 16.1 Å². The molecule has 0 aliphatic carbocycles. The highest BCUT2D eigenvalue weighted by molar-refractivity contribution is 7.92. The number of aromatic hydroxyl groups is 1. The molecule has 0 aliphatic heterocycles. The molecule has 3 rings (SSSR count). The van der Waals surface area contributed by atoms with Crippen LogP contribution in [0.5, 0.6) is 17.2 Å². The molecule has 3 aromatic rings. The summed E-state index contributed by atoms with van der Waals surface area (Å²) in [4.78, 5) is 0. The maximum atomic E-state index is 11.4. The lowest BCUT2D eigenvalue weighted by Crippen LogP contribution is -2.29. The quantitative estimate of drug-likeness (QED) is 0.261. The Morgan fingerprint density at radius 3 is 2.28 bits per heavy atom. The van der Waals surface area contributed by atoms with E-state index in [-0.39, 0.29) is 11.4 Å². The zero-order valence-electron chi connectivity index (χ0n) is 17.9. The number of aliphatic hydroxyl groups excluding tert-OH is 1. The lowest BCUT2D eigenvalue weighted by Gasteiger charge is -2.14. The van der Waals surface area contributed by atoms with Gasteiger partial charge >= 0.3 is 0 Å². The van der Waals surface area contributed by atoms with Crippen LogP contribution in [0, 0.1) is 0 Å². The predicted octanol–water partition coefficient (Wildman–Crippen LogP) is 3.29. The van der Waals surface area contributed by atoms with E-state index in [0.29, 0.717) is 19.5 Å². The van der Waals surface area contributed by atoms with E-state index in [9.17, 15) is 18.6 Å². The van der Waals surface area contributed by atoms with Gasteiger partial charge in [-0.05, 0) is 66.9 Å². The standard InChI is InChI=1S/C24H28N2O5S/c1-32(29,30)26-23-16-19(9-12-24(23)28)15-20(27)17-25-14-13-18-7-10-22(11-8-18)31-21-5-3-2-4-6-21/h2-12,16,20,25-28H,13-15,17H2,1H3. The van der Waals surface area contributed by atoms with Gasteiger partial charge in [0.1, 0.15) is 17.2 Å². The van der Waals surface area contributed by atoms with Crippen LogP contribution in [0.1, 0.15) is 11.1 Å². The van der Waals surface area contributed by atoms with E-state index >= 15 is 0 Å². The number of sulfonamides is 1. The predicted molar refractivity (Wildman–Crippen MR) is 126 cm³/mol. The van der Waals surface area contributed by atoms with Crippen LogP contribution >= 0.6 is 0 Å². The topological polar surface area (TPSA) is 108 Å². The number of hydrogen-bond acceptors (Lipinski definition) is 6. The van der Waals surface area contributed by atoms with Crippen molar-refractivity contribution in [3.63, 3.8) is 0 Å². The third-order valence-electron chi connectivity index (χ3n) is 4.70. The second-order valence-corrected chi connectivity index (χ2v) is 9.35. The molecule has 4 N–H and O–H groups in total. The summed E-state index contributed by atoms with van der Waals surface area (Å²) in [6, 6.07) is 22.1. The summed E-state index contributed by atoms with van der Waals surface area (Å²) < 4.78 is 30.8. The number of anilines is 1. The molecule has 8 heteroatoms. The molecule has 0 bridgehead atoms. The summed E-state index contributed by atoms with van der Waals surface area (Å²) in [6.45, 7) is 1.09. The van der Waals surface area contributed by atoms with Gasteiger partial charge in [0.25, 0.3) is 0 Å². The van der Waals surface area contributed by atoms with Crippen LogP contribution in [0.3, 0.4) is 0 Å². The number of phenols is 1. The Labute approximate surface area is 188 Å². The van der Waals surface area contributed by atoms with Crippen LogP contribution in [0.4, 0.5) is 5.69 Å². The van der Waals surface area contributed by atoms with Crippen LogP contribution in [-0.4, -0.2) is 44.1 Å². The second kappa shape index (κ2) is 11.0. The number of nitrogens with one attached hydrogen (secondary N) is 2. The normalized spacial score (nSPS) is 12.3. The molecule has 0 aliphatic rings. The molecule has 0 heterocycles. The van der Waals surface area contributed by atoms with E-state index in [1.54, 1.807) is 6.07 Å². The molecule has 0 radical (unpaired) electrons. The van der Waals surface area contributed by atoms with Gasteiger partial charge in [0.15, 0.2) is 0 Å². The van der Waals surface area contributed by atoms with Gasteiger partial charge in [0, 0.05) is 6.54 Å². The third-order valence-corrected chi connectivity index (χ3v) is 5.29. The van der Waals surface area contributed by atoms with Crippen molar-refractivity contribution in [1.29, 1.82) is 0 Å². The molecule has 0 spiro atoms. The largest absolute Gasteiger partial charge is 0.506 e. The van der Waals surface area contributed by atoms with Gasteiger partial charge in [-0.15, -0.1) is 0 Å². The van der Waals surface area contributed by atoms with Crippen molar-refractivity contribution in [2.75, 3.05) is 24.1 Å². The fraction of sp³-hybridized carbons (Fsp3) is 0.250. The molecule has 32 heavy (non-hydrogen) atoms. The van der Waals surface area contributed by atoms with Crippen molar-refractivity contribution in [1.82, 2.24) is 5.32 Å². The first kappa shape index (κ1) is 23.6.